The number of pyridine rings is 1. The van der Waals surface area contributed by atoms with Crippen molar-refractivity contribution in [1.29, 1.82) is 0 Å². The smallest absolute Gasteiger partial charge is 0.164 e. The molecule has 2 aromatic rings. The highest BCUT2D eigenvalue weighted by molar-refractivity contribution is 5.68. The van der Waals surface area contributed by atoms with Gasteiger partial charge in [-0.15, -0.1) is 0 Å². The number of hydrogen-bond donors (Lipinski definition) is 0. The second-order valence-electron chi connectivity index (χ2n) is 6.75. The second kappa shape index (κ2) is 8.49. The summed E-state index contributed by atoms with van der Waals surface area (Å²) in [7, 11) is 0. The Kier molecular flexibility index (Phi) is 6.09. The van der Waals surface area contributed by atoms with Gasteiger partial charge in [0.15, 0.2) is 11.6 Å². The van der Waals surface area contributed by atoms with Crippen LogP contribution in [0.4, 0.5) is 13.2 Å². The van der Waals surface area contributed by atoms with Crippen LogP contribution < -0.4 is 0 Å². The molecule has 0 spiro atoms. The van der Waals surface area contributed by atoms with E-state index in [2.05, 4.69) is 9.88 Å². The van der Waals surface area contributed by atoms with Crippen molar-refractivity contribution >= 4 is 5.57 Å². The van der Waals surface area contributed by atoms with Crippen molar-refractivity contribution in [3.63, 3.8) is 0 Å². The van der Waals surface area contributed by atoms with Crippen LogP contribution in [0.5, 0.6) is 0 Å². The zero-order valence-corrected chi connectivity index (χ0v) is 14.9. The molecule has 1 aliphatic heterocycles. The zero-order chi connectivity index (χ0) is 18.5. The van der Waals surface area contributed by atoms with Gasteiger partial charge in [0.2, 0.25) is 0 Å². The molecule has 138 valence electrons. The Labute approximate surface area is 152 Å². The van der Waals surface area contributed by atoms with Crippen molar-refractivity contribution in [3.8, 4) is 0 Å². The lowest BCUT2D eigenvalue weighted by Crippen LogP contribution is -2.29. The third kappa shape index (κ3) is 4.33. The molecule has 0 saturated carbocycles. The molecule has 0 atom stereocenters. The first-order valence-electron chi connectivity index (χ1n) is 9.01. The van der Waals surface area contributed by atoms with E-state index in [0.717, 1.165) is 44.0 Å². The van der Waals surface area contributed by atoms with E-state index in [0.29, 0.717) is 13.0 Å². The lowest BCUT2D eigenvalue weighted by atomic mass is 9.96. The highest BCUT2D eigenvalue weighted by Crippen LogP contribution is 2.29. The van der Waals surface area contributed by atoms with E-state index in [1.807, 2.05) is 30.6 Å². The van der Waals surface area contributed by atoms with Gasteiger partial charge in [-0.1, -0.05) is 6.08 Å². The van der Waals surface area contributed by atoms with E-state index in [4.69, 9.17) is 0 Å². The third-order valence-electron chi connectivity index (χ3n) is 4.95. The molecule has 3 rings (SSSR count). The van der Waals surface area contributed by atoms with Crippen LogP contribution in [-0.4, -0.2) is 29.5 Å². The summed E-state index contributed by atoms with van der Waals surface area (Å²) in [5, 5.41) is 0. The number of aryl methyl sites for hydroxylation is 1. The van der Waals surface area contributed by atoms with Gasteiger partial charge in [-0.3, -0.25) is 9.88 Å². The molecule has 1 aliphatic rings. The fourth-order valence-electron chi connectivity index (χ4n) is 3.34. The molecule has 0 radical (unpaired) electrons. The first kappa shape index (κ1) is 18.6. The average molecular weight is 360 g/mol. The summed E-state index contributed by atoms with van der Waals surface area (Å²) in [5.74, 6) is -2.74. The second-order valence-corrected chi connectivity index (χ2v) is 6.75. The van der Waals surface area contributed by atoms with Crippen molar-refractivity contribution < 1.29 is 13.2 Å². The molecule has 0 amide bonds. The van der Waals surface area contributed by atoms with Crippen molar-refractivity contribution in [2.45, 2.75) is 32.6 Å². The maximum atomic E-state index is 14.3. The summed E-state index contributed by atoms with van der Waals surface area (Å²) in [6, 6.07) is 5.05. The van der Waals surface area contributed by atoms with Gasteiger partial charge < -0.3 is 0 Å². The molecule has 2 heterocycles. The van der Waals surface area contributed by atoms with Crippen LogP contribution in [0, 0.1) is 24.4 Å². The SMILES string of the molecule is Cc1c(F)c(F)cc(C2=CCN(CCCCc3ccncc3)CC2)c1F. The van der Waals surface area contributed by atoms with Crippen LogP contribution in [0.1, 0.15) is 36.0 Å². The van der Waals surface area contributed by atoms with Gasteiger partial charge in [0, 0.05) is 36.6 Å². The van der Waals surface area contributed by atoms with E-state index in [1.165, 1.54) is 12.5 Å². The van der Waals surface area contributed by atoms with Crippen LogP contribution in [-0.2, 0) is 6.42 Å². The lowest BCUT2D eigenvalue weighted by molar-refractivity contribution is 0.295. The van der Waals surface area contributed by atoms with Crippen LogP contribution in [0.3, 0.4) is 0 Å². The van der Waals surface area contributed by atoms with Gasteiger partial charge in [0.05, 0.1) is 0 Å². The van der Waals surface area contributed by atoms with Gasteiger partial charge in [-0.05, 0) is 68.5 Å². The topological polar surface area (TPSA) is 16.1 Å². The summed E-state index contributed by atoms with van der Waals surface area (Å²) >= 11 is 0. The van der Waals surface area contributed by atoms with Crippen LogP contribution in [0.15, 0.2) is 36.7 Å². The minimum Gasteiger partial charge on any atom is -0.299 e. The molecule has 0 saturated heterocycles. The fourth-order valence-corrected chi connectivity index (χ4v) is 3.34. The molecular weight excluding hydrogens is 337 g/mol. The first-order chi connectivity index (χ1) is 12.6. The fraction of sp³-hybridized carbons (Fsp3) is 0.381. The summed E-state index contributed by atoms with van der Waals surface area (Å²) in [6.07, 6.45) is 9.43. The maximum absolute atomic E-state index is 14.3. The monoisotopic (exact) mass is 360 g/mol. The molecule has 0 unspecified atom stereocenters. The Morgan fingerprint density at radius 1 is 1.08 bits per heavy atom. The molecule has 0 N–H and O–H groups in total. The molecule has 1 aromatic carbocycles. The van der Waals surface area contributed by atoms with E-state index in [-0.39, 0.29) is 11.1 Å². The zero-order valence-electron chi connectivity index (χ0n) is 14.9. The third-order valence-corrected chi connectivity index (χ3v) is 4.95. The van der Waals surface area contributed by atoms with Gasteiger partial charge >= 0.3 is 0 Å². The van der Waals surface area contributed by atoms with E-state index in [9.17, 15) is 13.2 Å². The lowest BCUT2D eigenvalue weighted by Gasteiger charge is -2.26. The predicted octanol–water partition coefficient (Wildman–Crippen LogP) is 4.92. The summed E-state index contributed by atoms with van der Waals surface area (Å²) in [6.45, 7) is 3.77. The number of benzene rings is 1. The quantitative estimate of drug-likeness (QED) is 0.537. The van der Waals surface area contributed by atoms with Crippen molar-refractivity contribution in [1.82, 2.24) is 9.88 Å². The normalized spacial score (nSPS) is 15.2. The largest absolute Gasteiger partial charge is 0.299 e. The van der Waals surface area contributed by atoms with E-state index in [1.54, 1.807) is 0 Å². The van der Waals surface area contributed by atoms with Gasteiger partial charge in [-0.25, -0.2) is 13.2 Å². The number of halogens is 3. The maximum Gasteiger partial charge on any atom is 0.164 e. The van der Waals surface area contributed by atoms with Crippen LogP contribution in [0.2, 0.25) is 0 Å². The van der Waals surface area contributed by atoms with Crippen LogP contribution >= 0.6 is 0 Å². The number of unbranched alkanes of at least 4 members (excludes halogenated alkanes) is 1. The van der Waals surface area contributed by atoms with E-state index < -0.39 is 17.5 Å². The van der Waals surface area contributed by atoms with E-state index >= 15 is 0 Å². The molecular formula is C21H23F3N2. The summed E-state index contributed by atoms with van der Waals surface area (Å²) in [5.41, 5.74) is 2.00. The van der Waals surface area contributed by atoms with Crippen molar-refractivity contribution in [3.05, 3.63) is 70.8 Å². The molecule has 26 heavy (non-hydrogen) atoms. The Morgan fingerprint density at radius 2 is 1.85 bits per heavy atom. The Balaban J connectivity index is 1.52. The van der Waals surface area contributed by atoms with Crippen molar-refractivity contribution in [2.75, 3.05) is 19.6 Å². The van der Waals surface area contributed by atoms with Gasteiger partial charge in [-0.2, -0.15) is 0 Å². The van der Waals surface area contributed by atoms with Gasteiger partial charge in [0.25, 0.3) is 0 Å². The molecule has 0 aliphatic carbocycles. The molecule has 2 nitrogen and oxygen atoms in total. The Hall–Kier alpha value is -2.14. The predicted molar refractivity (Wildman–Crippen MR) is 97.3 cm³/mol. The van der Waals surface area contributed by atoms with Crippen molar-refractivity contribution in [2.24, 2.45) is 0 Å². The van der Waals surface area contributed by atoms with Gasteiger partial charge in [0.1, 0.15) is 5.82 Å². The molecule has 5 heteroatoms. The standard InChI is InChI=1S/C21H23F3N2/c1-15-20(23)18(14-19(22)21(15)24)17-7-12-26(13-8-17)11-3-2-4-16-5-9-25-10-6-16/h5-7,9-10,14H,2-4,8,11-13H2,1H3. The molecule has 1 aromatic heterocycles. The number of aromatic nitrogens is 1. The van der Waals surface area contributed by atoms with Crippen LogP contribution in [0.25, 0.3) is 5.57 Å². The Morgan fingerprint density at radius 3 is 2.54 bits per heavy atom. The molecule has 0 fully saturated rings. The first-order valence-corrected chi connectivity index (χ1v) is 9.01. The Bertz CT molecular complexity index is 788. The molecule has 0 bridgehead atoms. The number of nitrogens with zero attached hydrogens (tertiary/aromatic N) is 2. The summed E-state index contributed by atoms with van der Waals surface area (Å²) < 4.78 is 41.3. The number of rotatable bonds is 6. The number of hydrogen-bond acceptors (Lipinski definition) is 2. The minimum atomic E-state index is -1.10. The average Bonchev–Trinajstić information content (AvgIpc) is 2.68. The highest BCUT2D eigenvalue weighted by atomic mass is 19.2. The minimum absolute atomic E-state index is 0.193. The highest BCUT2D eigenvalue weighted by Gasteiger charge is 2.20. The summed E-state index contributed by atoms with van der Waals surface area (Å²) in [4.78, 5) is 6.32.